The van der Waals surface area contributed by atoms with Crippen LogP contribution in [0.3, 0.4) is 0 Å². The Labute approximate surface area is 99.5 Å². The van der Waals surface area contributed by atoms with Crippen molar-refractivity contribution in [1.29, 1.82) is 0 Å². The summed E-state index contributed by atoms with van der Waals surface area (Å²) in [5.74, 6) is -0.520. The van der Waals surface area contributed by atoms with E-state index in [1.807, 2.05) is 0 Å². The Morgan fingerprint density at radius 2 is 2.29 bits per heavy atom. The lowest BCUT2D eigenvalue weighted by Crippen LogP contribution is -2.36. The topological polar surface area (TPSA) is 82.9 Å². The summed E-state index contributed by atoms with van der Waals surface area (Å²) >= 11 is 0. The Hall–Kier alpha value is -1.66. The molecule has 0 saturated carbocycles. The van der Waals surface area contributed by atoms with E-state index in [0.717, 1.165) is 0 Å². The van der Waals surface area contributed by atoms with Crippen molar-refractivity contribution in [3.8, 4) is 5.75 Å². The van der Waals surface area contributed by atoms with Gasteiger partial charge in [0, 0.05) is 26.4 Å². The third-order valence-corrected chi connectivity index (χ3v) is 2.25. The molecule has 0 atom stereocenters. The molecule has 1 heterocycles. The second kappa shape index (κ2) is 6.82. The molecule has 1 rings (SSSR count). The van der Waals surface area contributed by atoms with E-state index < -0.39 is 0 Å². The molecule has 94 valence electrons. The van der Waals surface area contributed by atoms with Crippen molar-refractivity contribution in [3.05, 3.63) is 24.0 Å². The molecular formula is C11H16N2O4. The third kappa shape index (κ3) is 3.69. The molecule has 2 N–H and O–H groups in total. The van der Waals surface area contributed by atoms with E-state index in [1.54, 1.807) is 0 Å². The summed E-state index contributed by atoms with van der Waals surface area (Å²) in [5.41, 5.74) is 0.171. The van der Waals surface area contributed by atoms with E-state index in [0.29, 0.717) is 13.2 Å². The van der Waals surface area contributed by atoms with Gasteiger partial charge in [0.25, 0.3) is 5.91 Å². The monoisotopic (exact) mass is 240 g/mol. The summed E-state index contributed by atoms with van der Waals surface area (Å²) in [6, 6.07) is 1.44. The molecule has 0 aliphatic carbocycles. The number of aliphatic hydroxyl groups excluding tert-OH is 1. The number of carbonyl (C=O) groups excluding carboxylic acids is 1. The summed E-state index contributed by atoms with van der Waals surface area (Å²) in [6.45, 7) is 0.792. The van der Waals surface area contributed by atoms with Crippen molar-refractivity contribution in [1.82, 2.24) is 9.88 Å². The Balaban J connectivity index is 2.80. The Kier molecular flexibility index (Phi) is 5.38. The highest BCUT2D eigenvalue weighted by Gasteiger charge is 2.18. The number of hydrogen-bond acceptors (Lipinski definition) is 5. The molecule has 6 nitrogen and oxygen atoms in total. The first-order valence-corrected chi connectivity index (χ1v) is 5.22. The van der Waals surface area contributed by atoms with Gasteiger partial charge in [0.1, 0.15) is 5.75 Å². The minimum atomic E-state index is -0.351. The predicted molar refractivity (Wildman–Crippen MR) is 60.8 cm³/mol. The highest BCUT2D eigenvalue weighted by atomic mass is 16.5. The molecule has 0 radical (unpaired) electrons. The molecule has 17 heavy (non-hydrogen) atoms. The van der Waals surface area contributed by atoms with E-state index >= 15 is 0 Å². The van der Waals surface area contributed by atoms with Crippen molar-refractivity contribution in [2.24, 2.45) is 0 Å². The molecule has 0 aliphatic heterocycles. The zero-order valence-corrected chi connectivity index (χ0v) is 9.67. The van der Waals surface area contributed by atoms with Gasteiger partial charge in [-0.05, 0) is 6.07 Å². The number of aliphatic hydroxyl groups is 1. The van der Waals surface area contributed by atoms with Gasteiger partial charge in [-0.15, -0.1) is 0 Å². The van der Waals surface area contributed by atoms with E-state index in [-0.39, 0.29) is 30.4 Å². The number of hydrogen-bond donors (Lipinski definition) is 2. The maximum Gasteiger partial charge on any atom is 0.257 e. The Morgan fingerprint density at radius 3 is 2.88 bits per heavy atom. The Morgan fingerprint density at radius 1 is 1.53 bits per heavy atom. The van der Waals surface area contributed by atoms with E-state index in [9.17, 15) is 9.90 Å². The second-order valence-corrected chi connectivity index (χ2v) is 3.40. The average molecular weight is 240 g/mol. The van der Waals surface area contributed by atoms with Crippen LogP contribution in [0.4, 0.5) is 0 Å². The van der Waals surface area contributed by atoms with Gasteiger partial charge in [0.2, 0.25) is 0 Å². The summed E-state index contributed by atoms with van der Waals surface area (Å²) in [7, 11) is 1.53. The first-order valence-electron chi connectivity index (χ1n) is 5.22. The van der Waals surface area contributed by atoms with Crippen LogP contribution in [-0.2, 0) is 4.74 Å². The van der Waals surface area contributed by atoms with Crippen LogP contribution in [0, 0.1) is 0 Å². The fraction of sp³-hybridized carbons (Fsp3) is 0.455. The highest BCUT2D eigenvalue weighted by Crippen LogP contribution is 2.16. The summed E-state index contributed by atoms with van der Waals surface area (Å²) in [4.78, 5) is 17.1. The van der Waals surface area contributed by atoms with Gasteiger partial charge >= 0.3 is 0 Å². The maximum absolute atomic E-state index is 12.0. The third-order valence-electron chi connectivity index (χ3n) is 2.25. The minimum absolute atomic E-state index is 0.138. The van der Waals surface area contributed by atoms with Crippen molar-refractivity contribution in [2.75, 3.05) is 33.4 Å². The van der Waals surface area contributed by atoms with Gasteiger partial charge in [-0.1, -0.05) is 0 Å². The second-order valence-electron chi connectivity index (χ2n) is 3.40. The molecule has 0 spiro atoms. The molecule has 0 fully saturated rings. The first-order chi connectivity index (χ1) is 8.20. The van der Waals surface area contributed by atoms with Crippen molar-refractivity contribution >= 4 is 5.91 Å². The van der Waals surface area contributed by atoms with Gasteiger partial charge in [-0.2, -0.15) is 0 Å². The fourth-order valence-corrected chi connectivity index (χ4v) is 1.37. The maximum atomic E-state index is 12.0. The van der Waals surface area contributed by atoms with Gasteiger partial charge in [0.05, 0.1) is 25.0 Å². The summed E-state index contributed by atoms with van der Waals surface area (Å²) < 4.78 is 4.88. The lowest BCUT2D eigenvalue weighted by Gasteiger charge is -2.21. The van der Waals surface area contributed by atoms with Crippen LogP contribution in [0.2, 0.25) is 0 Å². The lowest BCUT2D eigenvalue weighted by molar-refractivity contribution is 0.0653. The lowest BCUT2D eigenvalue weighted by atomic mass is 10.2. The largest absolute Gasteiger partial charge is 0.505 e. The van der Waals surface area contributed by atoms with Gasteiger partial charge in [0.15, 0.2) is 0 Å². The number of ether oxygens (including phenoxy) is 1. The molecule has 0 bridgehead atoms. The van der Waals surface area contributed by atoms with Crippen LogP contribution >= 0.6 is 0 Å². The van der Waals surface area contributed by atoms with Crippen LogP contribution in [0.25, 0.3) is 0 Å². The summed E-state index contributed by atoms with van der Waals surface area (Å²) in [5, 5.41) is 18.4. The Bertz CT molecular complexity index is 370. The SMILES string of the molecule is COCCN(CCO)C(=O)c1ccncc1O. The molecule has 1 aromatic rings. The normalized spacial score (nSPS) is 10.2. The van der Waals surface area contributed by atoms with Crippen molar-refractivity contribution in [2.45, 2.75) is 0 Å². The van der Waals surface area contributed by atoms with E-state index in [4.69, 9.17) is 9.84 Å². The molecular weight excluding hydrogens is 224 g/mol. The van der Waals surface area contributed by atoms with Gasteiger partial charge in [-0.3, -0.25) is 9.78 Å². The number of aromatic nitrogens is 1. The average Bonchev–Trinajstić information content (AvgIpc) is 2.34. The predicted octanol–water partition coefficient (Wildman–Crippen LogP) is -0.132. The molecule has 0 aliphatic rings. The number of rotatable bonds is 6. The van der Waals surface area contributed by atoms with Crippen molar-refractivity contribution in [3.63, 3.8) is 0 Å². The summed E-state index contributed by atoms with van der Waals surface area (Å²) in [6.07, 6.45) is 2.64. The number of amides is 1. The highest BCUT2D eigenvalue weighted by molar-refractivity contribution is 5.96. The van der Waals surface area contributed by atoms with E-state index in [1.165, 1.54) is 30.5 Å². The number of methoxy groups -OCH3 is 1. The van der Waals surface area contributed by atoms with Crippen LogP contribution in [0.5, 0.6) is 5.75 Å². The fourth-order valence-electron chi connectivity index (χ4n) is 1.37. The first kappa shape index (κ1) is 13.4. The number of pyridine rings is 1. The number of nitrogens with zero attached hydrogens (tertiary/aromatic N) is 2. The van der Waals surface area contributed by atoms with Crippen LogP contribution in [0.15, 0.2) is 18.5 Å². The number of aromatic hydroxyl groups is 1. The minimum Gasteiger partial charge on any atom is -0.505 e. The molecule has 0 saturated heterocycles. The van der Waals surface area contributed by atoms with Crippen molar-refractivity contribution < 1.29 is 19.7 Å². The smallest absolute Gasteiger partial charge is 0.257 e. The molecule has 1 aromatic heterocycles. The number of carbonyl (C=O) groups is 1. The molecule has 6 heteroatoms. The molecule has 0 aromatic carbocycles. The van der Waals surface area contributed by atoms with E-state index in [2.05, 4.69) is 4.98 Å². The van der Waals surface area contributed by atoms with Crippen LogP contribution in [0.1, 0.15) is 10.4 Å². The van der Waals surface area contributed by atoms with Gasteiger partial charge < -0.3 is 19.8 Å². The van der Waals surface area contributed by atoms with Crippen LogP contribution < -0.4 is 0 Å². The molecule has 1 amide bonds. The zero-order valence-electron chi connectivity index (χ0n) is 9.67. The van der Waals surface area contributed by atoms with Crippen LogP contribution in [-0.4, -0.2) is 59.4 Å². The zero-order chi connectivity index (χ0) is 12.7. The van der Waals surface area contributed by atoms with Gasteiger partial charge in [-0.25, -0.2) is 0 Å². The quantitative estimate of drug-likeness (QED) is 0.723. The molecule has 0 unspecified atom stereocenters. The standard InChI is InChI=1S/C11H16N2O4/c1-17-7-5-13(4-6-14)11(16)9-2-3-12-8-10(9)15/h2-3,8,14-15H,4-7H2,1H3.